The molecule has 0 aliphatic rings. The van der Waals surface area contributed by atoms with Crippen molar-refractivity contribution in [3.8, 4) is 79.3 Å². The molecule has 18 aromatic carbocycles. The molecule has 0 atom stereocenters. The van der Waals surface area contributed by atoms with Crippen molar-refractivity contribution in [3.63, 3.8) is 0 Å². The molecular weight excluding hydrogens is 1780 g/mol. The Morgan fingerprint density at radius 3 is 0.795 bits per heavy atom. The van der Waals surface area contributed by atoms with Gasteiger partial charge in [-0.25, -0.2) is 24.9 Å². The highest BCUT2D eigenvalue weighted by Gasteiger charge is 2.25. The van der Waals surface area contributed by atoms with Gasteiger partial charge in [-0.2, -0.15) is 0 Å². The third-order valence-electron chi connectivity index (χ3n) is 28.8. The topological polar surface area (TPSA) is 136 Å². The molecule has 31 aromatic rings. The summed E-state index contributed by atoms with van der Waals surface area (Å²) in [5.41, 5.74) is 24.8. The fourth-order valence-electron chi connectivity index (χ4n) is 21.9. The summed E-state index contributed by atoms with van der Waals surface area (Å²) in [6, 6.07) is 164. The highest BCUT2D eigenvalue weighted by molar-refractivity contribution is 6.26. The average Bonchev–Trinajstić information content (AvgIpc) is 1.58. The normalized spacial score (nSPS) is 11.7. The van der Waals surface area contributed by atoms with Gasteiger partial charge in [0.05, 0.1) is 88.8 Å². The first-order valence-corrected chi connectivity index (χ1v) is 49.1. The second-order valence-corrected chi connectivity index (χ2v) is 37.1. The number of nitrogens with zero attached hydrogens (tertiary/aromatic N) is 13. The number of hydrogen-bond donors (Lipinski definition) is 0. The van der Waals surface area contributed by atoms with E-state index in [1.807, 2.05) is 73.4 Å². The summed E-state index contributed by atoms with van der Waals surface area (Å²) < 4.78 is 9.16. The average molecular weight is 1860 g/mol. The first-order chi connectivity index (χ1) is 72.4. The zero-order chi connectivity index (χ0) is 96.2. The van der Waals surface area contributed by atoms with E-state index < -0.39 is 0 Å². The van der Waals surface area contributed by atoms with Crippen molar-refractivity contribution in [1.29, 1.82) is 0 Å². The highest BCUT2D eigenvalue weighted by atomic mass is 15.1. The standard InChI is InChI=1S/C35H22N4.2C34H21N3.C30H19N3/c1-3-9-28-23(6-1)12-17-33-35(28)29-20-25(30-15-11-27(22-37-30)26-8-5-19-36-21-26)13-16-32(29)39(33)34-18-14-24-7-2-4-10-31(24)38-34;1-4-10-26-22(7-1)14-19-32-34(26)27-21-25(30-17-13-23-8-2-5-11-28(23)35-30)15-18-31(27)37(32)33-20-16-24-9-3-6-12-29(24)36-33;1-4-10-26-22(7-1)13-17-31-33(26)28-21-25(34-27-11-5-2-8-23(27)19-20-35-34)14-16-30(28)37(31)32-18-15-24-9-3-6-12-29(24)36-32;1-3-9-24-20(6-1)11-15-28-30(24)25-18-22(23-8-5-17-31-19-23)12-14-27(25)33(28)29-16-13-21-7-2-4-10-26(21)32-29/h1-22H;2*1-21H;1-19H. The second-order valence-electron chi connectivity index (χ2n) is 37.1. The van der Waals surface area contributed by atoms with Gasteiger partial charge < -0.3 is 0 Å². The summed E-state index contributed by atoms with van der Waals surface area (Å²) in [4.78, 5) is 43.4. The van der Waals surface area contributed by atoms with Crippen LogP contribution in [-0.2, 0) is 0 Å². The molecule has 0 bridgehead atoms. The Hall–Kier alpha value is -19.9. The van der Waals surface area contributed by atoms with Gasteiger partial charge in [0.15, 0.2) is 0 Å². The third kappa shape index (κ3) is 14.6. The summed E-state index contributed by atoms with van der Waals surface area (Å²) >= 11 is 0. The summed E-state index contributed by atoms with van der Waals surface area (Å²) in [5, 5.41) is 27.7. The van der Waals surface area contributed by atoms with E-state index in [0.29, 0.717) is 0 Å². The van der Waals surface area contributed by atoms with Crippen LogP contribution in [0, 0.1) is 0 Å². The number of benzene rings is 18. The third-order valence-corrected chi connectivity index (χ3v) is 28.8. The molecule has 31 rings (SSSR count). The minimum absolute atomic E-state index is 0.913. The molecule has 0 aliphatic carbocycles. The van der Waals surface area contributed by atoms with Crippen molar-refractivity contribution in [3.05, 3.63) is 504 Å². The molecule has 13 nitrogen and oxygen atoms in total. The molecule has 13 aromatic heterocycles. The highest BCUT2D eigenvalue weighted by Crippen LogP contribution is 2.46. The first-order valence-electron chi connectivity index (χ1n) is 49.1. The van der Waals surface area contributed by atoms with Crippen molar-refractivity contribution in [2.75, 3.05) is 0 Å². The number of hydrogen-bond acceptors (Lipinski definition) is 9. The number of rotatable bonds is 9. The zero-order valence-electron chi connectivity index (χ0n) is 78.7. The molecule has 0 N–H and O–H groups in total. The van der Waals surface area contributed by atoms with E-state index in [9.17, 15) is 0 Å². The fourth-order valence-corrected chi connectivity index (χ4v) is 21.9. The maximum Gasteiger partial charge on any atom is 0.138 e. The zero-order valence-corrected chi connectivity index (χ0v) is 78.7. The molecule has 680 valence electrons. The van der Waals surface area contributed by atoms with Crippen LogP contribution >= 0.6 is 0 Å². The van der Waals surface area contributed by atoms with E-state index in [1.165, 1.54) is 91.6 Å². The number of para-hydroxylation sites is 5. The molecule has 0 amide bonds. The summed E-state index contributed by atoms with van der Waals surface area (Å²) in [5.74, 6) is 3.68. The van der Waals surface area contributed by atoms with Crippen molar-refractivity contribution in [1.82, 2.24) is 63.1 Å². The molecule has 0 unspecified atom stereocenters. The fraction of sp³-hybridized carbons (Fsp3) is 0. The van der Waals surface area contributed by atoms with Gasteiger partial charge in [-0.1, -0.05) is 285 Å². The molecule has 13 heterocycles. The number of aromatic nitrogens is 13. The van der Waals surface area contributed by atoms with Crippen molar-refractivity contribution in [2.24, 2.45) is 0 Å². The van der Waals surface area contributed by atoms with Gasteiger partial charge in [-0.3, -0.25) is 38.2 Å². The van der Waals surface area contributed by atoms with Crippen LogP contribution in [0.1, 0.15) is 0 Å². The van der Waals surface area contributed by atoms with E-state index in [1.54, 1.807) is 6.20 Å². The van der Waals surface area contributed by atoms with Gasteiger partial charge in [0.25, 0.3) is 0 Å². The molecule has 0 saturated heterocycles. The minimum atomic E-state index is 0.913. The van der Waals surface area contributed by atoms with Crippen LogP contribution in [0.25, 0.3) is 275 Å². The molecule has 0 spiro atoms. The van der Waals surface area contributed by atoms with Crippen molar-refractivity contribution in [2.45, 2.75) is 0 Å². The van der Waals surface area contributed by atoms with Crippen LogP contribution in [0.5, 0.6) is 0 Å². The SMILES string of the molecule is c1ccc2nc(-c3ccc4c(c3)c3c5ccccc5ccc3n4-c3ccc4ccccc4n3)ccc2c1.c1ccc2nc(-n3c4ccc(-c5nccc6ccccc56)cc4c4c5ccccc5ccc43)ccc2c1.c1cncc(-c2ccc(-c3ccc4c(c3)c3c5ccccc5ccc3n4-c3ccc4ccccc4n3)nc2)c1.c1cncc(-c2ccc3c(c2)c2c4ccccc4ccc2n3-c2ccc3ccccc3n2)c1. The monoisotopic (exact) mass is 1860 g/mol. The predicted octanol–water partition coefficient (Wildman–Crippen LogP) is 33.6. The van der Waals surface area contributed by atoms with Gasteiger partial charge >= 0.3 is 0 Å². The lowest BCUT2D eigenvalue weighted by Gasteiger charge is -2.09. The lowest BCUT2D eigenvalue weighted by atomic mass is 10.00. The molecule has 0 aliphatic heterocycles. The van der Waals surface area contributed by atoms with E-state index >= 15 is 0 Å². The summed E-state index contributed by atoms with van der Waals surface area (Å²) in [6.45, 7) is 0. The van der Waals surface area contributed by atoms with Crippen LogP contribution in [0.15, 0.2) is 504 Å². The summed E-state index contributed by atoms with van der Waals surface area (Å²) in [7, 11) is 0. The predicted molar refractivity (Wildman–Crippen MR) is 606 cm³/mol. The molecule has 0 fully saturated rings. The van der Waals surface area contributed by atoms with Gasteiger partial charge in [0.2, 0.25) is 0 Å². The van der Waals surface area contributed by atoms with Gasteiger partial charge in [-0.15, -0.1) is 0 Å². The molecule has 0 saturated carbocycles. The molecular formula is C133H83N13. The lowest BCUT2D eigenvalue weighted by Crippen LogP contribution is -1.97. The Labute approximate surface area is 836 Å². The summed E-state index contributed by atoms with van der Waals surface area (Å²) in [6.07, 6.45) is 11.2. The maximum atomic E-state index is 5.07. The quantitative estimate of drug-likeness (QED) is 0.138. The van der Waals surface area contributed by atoms with Crippen LogP contribution < -0.4 is 0 Å². The Kier molecular flexibility index (Phi) is 20.3. The number of pyridine rings is 9. The van der Waals surface area contributed by atoms with E-state index in [-0.39, 0.29) is 0 Å². The van der Waals surface area contributed by atoms with E-state index in [0.717, 1.165) is 183 Å². The molecule has 146 heavy (non-hydrogen) atoms. The lowest BCUT2D eigenvalue weighted by molar-refractivity contribution is 1.10. The number of fused-ring (bicyclic) bond motifs is 26. The van der Waals surface area contributed by atoms with Gasteiger partial charge in [0.1, 0.15) is 23.3 Å². The Morgan fingerprint density at radius 2 is 0.425 bits per heavy atom. The van der Waals surface area contributed by atoms with Crippen LogP contribution in [0.4, 0.5) is 0 Å². The van der Waals surface area contributed by atoms with E-state index in [4.69, 9.17) is 34.9 Å². The van der Waals surface area contributed by atoms with Gasteiger partial charge in [-0.05, 0) is 236 Å². The second kappa shape index (κ2) is 35.2. The Bertz CT molecular complexity index is 10700. The Balaban J connectivity index is 0.0000000944. The van der Waals surface area contributed by atoms with Crippen LogP contribution in [0.2, 0.25) is 0 Å². The van der Waals surface area contributed by atoms with Crippen LogP contribution in [0.3, 0.4) is 0 Å². The largest absolute Gasteiger partial charge is 0.294 e. The molecule has 13 heteroatoms. The van der Waals surface area contributed by atoms with E-state index in [2.05, 4.69) is 453 Å². The smallest absolute Gasteiger partial charge is 0.138 e. The molecule has 0 radical (unpaired) electrons. The van der Waals surface area contributed by atoms with Crippen molar-refractivity contribution < 1.29 is 0 Å². The minimum Gasteiger partial charge on any atom is -0.294 e. The van der Waals surface area contributed by atoms with Crippen molar-refractivity contribution >= 4 is 196 Å². The maximum absolute atomic E-state index is 5.07. The Morgan fingerprint density at radius 1 is 0.151 bits per heavy atom. The first kappa shape index (κ1) is 84.2. The van der Waals surface area contributed by atoms with Gasteiger partial charge in [0, 0.05) is 146 Å². The van der Waals surface area contributed by atoms with Crippen LogP contribution in [-0.4, -0.2) is 63.1 Å².